The molecule has 0 fully saturated rings. The quantitative estimate of drug-likeness (QED) is 0.0596. The van der Waals surface area contributed by atoms with Gasteiger partial charge in [0.2, 0.25) is 0 Å². The molecule has 34 heavy (non-hydrogen) atoms. The Morgan fingerprint density at radius 3 is 1.94 bits per heavy atom. The molecule has 0 atom stereocenters. The zero-order valence-electron chi connectivity index (χ0n) is 18.3. The number of benzene rings is 3. The van der Waals surface area contributed by atoms with Crippen molar-refractivity contribution in [3.05, 3.63) is 97.2 Å². The van der Waals surface area contributed by atoms with Crippen LogP contribution < -0.4 is 4.74 Å². The van der Waals surface area contributed by atoms with Gasteiger partial charge in [0, 0.05) is 16.2 Å². The molecule has 3 aromatic carbocycles. The zero-order valence-corrected chi connectivity index (χ0v) is 23.2. The number of rotatable bonds is 11. The van der Waals surface area contributed by atoms with Crippen LogP contribution in [0.15, 0.2) is 116 Å². The molecule has 0 aliphatic heterocycles. The van der Waals surface area contributed by atoms with Gasteiger partial charge in [0.15, 0.2) is 10.2 Å². The van der Waals surface area contributed by atoms with E-state index in [9.17, 15) is 0 Å². The van der Waals surface area contributed by atoms with Crippen LogP contribution in [0.25, 0.3) is 0 Å². The Hall–Kier alpha value is -1.49. The van der Waals surface area contributed by atoms with Gasteiger partial charge in [0.05, 0.1) is 10.8 Å². The molecule has 4 aromatic rings. The molecule has 4 rings (SSSR count). The number of thioether (sulfide) groups is 1. The van der Waals surface area contributed by atoms with E-state index in [-0.39, 0.29) is 4.58 Å². The number of thiazole rings is 1. The minimum Gasteiger partial charge on any atom is -0.443 e. The van der Waals surface area contributed by atoms with Crippen LogP contribution in [-0.4, -0.2) is 21.7 Å². The highest BCUT2D eigenvalue weighted by Crippen LogP contribution is 2.47. The first-order chi connectivity index (χ1) is 16.8. The van der Waals surface area contributed by atoms with E-state index in [1.54, 1.807) is 44.7 Å². The predicted octanol–water partition coefficient (Wildman–Crippen LogP) is 9.57. The fourth-order valence-electron chi connectivity index (χ4n) is 2.65. The van der Waals surface area contributed by atoms with Crippen LogP contribution in [0.3, 0.4) is 0 Å². The highest BCUT2D eigenvalue weighted by Gasteiger charge is 2.18. The van der Waals surface area contributed by atoms with E-state index in [0.717, 1.165) is 15.1 Å². The molecule has 0 saturated heterocycles. The first kappa shape index (κ1) is 25.6. The van der Waals surface area contributed by atoms with Crippen molar-refractivity contribution in [3.63, 3.8) is 0 Å². The van der Waals surface area contributed by atoms with Crippen molar-refractivity contribution in [2.24, 2.45) is 4.99 Å². The molecule has 9 heteroatoms. The molecular formula is C25H22N2OS6. The van der Waals surface area contributed by atoms with Gasteiger partial charge in [-0.2, -0.15) is 0 Å². The average molecular weight is 559 g/mol. The maximum Gasteiger partial charge on any atom is 0.198 e. The molecule has 1 heterocycles. The Balaban J connectivity index is 1.53. The number of hydrogen-bond donors (Lipinski definition) is 0. The first-order valence-electron chi connectivity index (χ1n) is 10.4. The molecule has 0 aliphatic carbocycles. The lowest BCUT2D eigenvalue weighted by Gasteiger charge is -2.17. The van der Waals surface area contributed by atoms with E-state index in [4.69, 9.17) is 9.73 Å². The SMILES string of the molecule is CSc1ncc(N=C(CC(SSc2ccccc2)SSc2ccccc2)Oc2ccccc2)s1. The van der Waals surface area contributed by atoms with Gasteiger partial charge in [-0.15, -0.1) is 0 Å². The predicted molar refractivity (Wildman–Crippen MR) is 156 cm³/mol. The molecule has 0 spiro atoms. The molecule has 1 aromatic heterocycles. The number of nitrogens with zero attached hydrogens (tertiary/aromatic N) is 2. The minimum atomic E-state index is 0.214. The monoisotopic (exact) mass is 558 g/mol. The van der Waals surface area contributed by atoms with Crippen molar-refractivity contribution < 1.29 is 4.74 Å². The summed E-state index contributed by atoms with van der Waals surface area (Å²) >= 11 is 3.21. The van der Waals surface area contributed by atoms with Crippen LogP contribution in [0.4, 0.5) is 5.00 Å². The van der Waals surface area contributed by atoms with Gasteiger partial charge in [0.25, 0.3) is 0 Å². The molecule has 0 unspecified atom stereocenters. The summed E-state index contributed by atoms with van der Waals surface area (Å²) in [4.78, 5) is 11.8. The van der Waals surface area contributed by atoms with E-state index in [1.807, 2.05) is 76.5 Å². The van der Waals surface area contributed by atoms with Crippen molar-refractivity contribution >= 4 is 77.2 Å². The summed E-state index contributed by atoms with van der Waals surface area (Å²) in [5.41, 5.74) is 0. The van der Waals surface area contributed by atoms with Crippen molar-refractivity contribution in [1.29, 1.82) is 0 Å². The summed E-state index contributed by atoms with van der Waals surface area (Å²) in [7, 11) is 7.24. The lowest BCUT2D eigenvalue weighted by molar-refractivity contribution is 0.536. The maximum absolute atomic E-state index is 6.27. The van der Waals surface area contributed by atoms with Gasteiger partial charge < -0.3 is 4.74 Å². The molecule has 0 saturated carbocycles. The van der Waals surface area contributed by atoms with E-state index in [1.165, 1.54) is 9.79 Å². The smallest absolute Gasteiger partial charge is 0.198 e. The number of para-hydroxylation sites is 1. The molecule has 0 radical (unpaired) electrons. The molecule has 0 N–H and O–H groups in total. The Labute approximate surface area is 224 Å². The second kappa shape index (κ2) is 14.2. The molecule has 0 aliphatic rings. The van der Waals surface area contributed by atoms with Gasteiger partial charge >= 0.3 is 0 Å². The summed E-state index contributed by atoms with van der Waals surface area (Å²) in [5, 5.41) is 0.857. The Bertz CT molecular complexity index is 1110. The van der Waals surface area contributed by atoms with Crippen LogP contribution in [0.1, 0.15) is 6.42 Å². The summed E-state index contributed by atoms with van der Waals surface area (Å²) < 4.78 is 7.48. The van der Waals surface area contributed by atoms with Crippen molar-refractivity contribution in [1.82, 2.24) is 4.98 Å². The Kier molecular flexibility index (Phi) is 10.7. The number of aromatic nitrogens is 1. The van der Waals surface area contributed by atoms with Gasteiger partial charge in [-0.1, -0.05) is 121 Å². The molecule has 0 amide bonds. The fraction of sp³-hybridized carbons (Fsp3) is 0.120. The zero-order chi connectivity index (χ0) is 23.4. The fourth-order valence-corrected chi connectivity index (χ4v) is 9.71. The third-order valence-electron chi connectivity index (χ3n) is 4.19. The van der Waals surface area contributed by atoms with Crippen LogP contribution in [0, 0.1) is 0 Å². The Morgan fingerprint density at radius 1 is 0.853 bits per heavy atom. The van der Waals surface area contributed by atoms with Crippen LogP contribution in [0.5, 0.6) is 5.75 Å². The third-order valence-corrected chi connectivity index (χ3v) is 12.4. The number of hydrogen-bond acceptors (Lipinski definition) is 9. The number of ether oxygens (including phenoxy) is 1. The van der Waals surface area contributed by atoms with Crippen LogP contribution in [0.2, 0.25) is 0 Å². The normalized spacial score (nSPS) is 11.6. The van der Waals surface area contributed by atoms with E-state index < -0.39 is 0 Å². The lowest BCUT2D eigenvalue weighted by Crippen LogP contribution is -2.13. The number of aliphatic imine (C=N–C) groups is 1. The first-order valence-corrected chi connectivity index (χ1v) is 16.8. The molecule has 174 valence electrons. The minimum absolute atomic E-state index is 0.214. The van der Waals surface area contributed by atoms with E-state index >= 15 is 0 Å². The highest BCUT2D eigenvalue weighted by atomic mass is 33.1. The van der Waals surface area contributed by atoms with Crippen LogP contribution in [-0.2, 0) is 0 Å². The average Bonchev–Trinajstić information content (AvgIpc) is 3.35. The third kappa shape index (κ3) is 8.62. The van der Waals surface area contributed by atoms with Gasteiger partial charge in [-0.25, -0.2) is 9.98 Å². The Morgan fingerprint density at radius 2 is 1.41 bits per heavy atom. The van der Waals surface area contributed by atoms with Gasteiger partial charge in [-0.05, 0) is 42.7 Å². The van der Waals surface area contributed by atoms with E-state index in [2.05, 4.69) is 53.5 Å². The van der Waals surface area contributed by atoms with E-state index in [0.29, 0.717) is 12.3 Å². The summed E-state index contributed by atoms with van der Waals surface area (Å²) in [6.45, 7) is 0. The summed E-state index contributed by atoms with van der Waals surface area (Å²) in [5.74, 6) is 1.48. The largest absolute Gasteiger partial charge is 0.443 e. The maximum atomic E-state index is 6.27. The topological polar surface area (TPSA) is 34.5 Å². The van der Waals surface area contributed by atoms with Crippen LogP contribution >= 0.6 is 66.3 Å². The highest BCUT2D eigenvalue weighted by molar-refractivity contribution is 8.85. The van der Waals surface area contributed by atoms with Gasteiger partial charge in [0.1, 0.15) is 10.8 Å². The molecule has 3 nitrogen and oxygen atoms in total. The van der Waals surface area contributed by atoms with Crippen molar-refractivity contribution in [3.8, 4) is 5.75 Å². The summed E-state index contributed by atoms with van der Waals surface area (Å²) in [6, 6.07) is 30.8. The van der Waals surface area contributed by atoms with Crippen molar-refractivity contribution in [2.45, 2.75) is 25.1 Å². The van der Waals surface area contributed by atoms with Gasteiger partial charge in [-0.3, -0.25) is 0 Å². The summed E-state index contributed by atoms with van der Waals surface area (Å²) in [6.07, 6.45) is 4.52. The molecular weight excluding hydrogens is 537 g/mol. The standard InChI is InChI=1S/C25H22N2OS6/c1-29-25-26-18-23(30-25)27-22(28-19-11-5-2-6-12-19)17-24(33-31-20-13-7-3-8-14-20)34-32-21-15-9-4-10-16-21/h2-16,18,24H,17H2,1H3. The second-order valence-electron chi connectivity index (χ2n) is 6.71. The van der Waals surface area contributed by atoms with Crippen molar-refractivity contribution in [2.75, 3.05) is 6.26 Å². The second-order valence-corrected chi connectivity index (χ2v) is 14.0. The molecule has 0 bridgehead atoms. The lowest BCUT2D eigenvalue weighted by atomic mass is 10.3.